The van der Waals surface area contributed by atoms with Crippen LogP contribution in [-0.2, 0) is 6.54 Å². The number of halogens is 2. The number of rotatable bonds is 6. The molecule has 5 rings (SSSR count). The molecule has 204 valence electrons. The van der Waals surface area contributed by atoms with Crippen LogP contribution < -0.4 is 16.3 Å². The fraction of sp³-hybridized carbons (Fsp3) is 0.367. The number of pyridine rings is 1. The highest BCUT2D eigenvalue weighted by Crippen LogP contribution is 2.29. The number of hydrogen-bond acceptors (Lipinski definition) is 4. The molecule has 1 aromatic carbocycles. The van der Waals surface area contributed by atoms with Crippen LogP contribution in [0.4, 0.5) is 4.39 Å². The van der Waals surface area contributed by atoms with E-state index in [1.807, 2.05) is 41.0 Å². The van der Waals surface area contributed by atoms with Gasteiger partial charge in [-0.25, -0.2) is 9.18 Å². The number of hydrogen-bond donors (Lipinski definition) is 2. The lowest BCUT2D eigenvalue weighted by molar-refractivity contribution is 0.0919. The smallest absolute Gasteiger partial charge is 0.333 e. The molecule has 0 bridgehead atoms. The Morgan fingerprint density at radius 3 is 2.59 bits per heavy atom. The molecular weight excluding hydrogens is 517 g/mol. The molecule has 3 aromatic rings. The topological polar surface area (TPSA) is 81.0 Å². The highest BCUT2D eigenvalue weighted by molar-refractivity contribution is 6.30. The zero-order chi connectivity index (χ0) is 27.5. The number of para-hydroxylation sites is 2. The van der Waals surface area contributed by atoms with E-state index in [0.717, 1.165) is 36.7 Å². The molecule has 1 fully saturated rings. The van der Waals surface area contributed by atoms with Gasteiger partial charge in [-0.2, -0.15) is 0 Å². The second-order valence-electron chi connectivity index (χ2n) is 10.3. The van der Waals surface area contributed by atoms with Gasteiger partial charge in [-0.1, -0.05) is 35.9 Å². The summed E-state index contributed by atoms with van der Waals surface area (Å²) in [5.74, 6) is -0.257. The fourth-order valence-corrected chi connectivity index (χ4v) is 5.74. The van der Waals surface area contributed by atoms with Gasteiger partial charge in [0.15, 0.2) is 0 Å². The molecule has 1 amide bonds. The van der Waals surface area contributed by atoms with E-state index in [1.165, 1.54) is 12.3 Å². The van der Waals surface area contributed by atoms with Gasteiger partial charge in [0.1, 0.15) is 5.83 Å². The lowest BCUT2D eigenvalue weighted by atomic mass is 9.85. The zero-order valence-electron chi connectivity index (χ0n) is 22.2. The minimum Gasteiger partial charge on any atom is -0.386 e. The molecule has 2 aliphatic rings. The van der Waals surface area contributed by atoms with Crippen molar-refractivity contribution in [3.05, 3.63) is 93.0 Å². The van der Waals surface area contributed by atoms with E-state index in [4.69, 9.17) is 11.6 Å². The Bertz CT molecular complexity index is 1540. The largest absolute Gasteiger partial charge is 0.386 e. The van der Waals surface area contributed by atoms with Gasteiger partial charge >= 0.3 is 5.69 Å². The summed E-state index contributed by atoms with van der Waals surface area (Å²) in [5.41, 5.74) is 3.56. The number of carbonyl (C=O) groups excluding carboxylic acids is 1. The van der Waals surface area contributed by atoms with E-state index >= 15 is 0 Å². The van der Waals surface area contributed by atoms with E-state index in [-0.39, 0.29) is 17.6 Å². The van der Waals surface area contributed by atoms with Gasteiger partial charge in [-0.15, -0.1) is 0 Å². The molecule has 0 saturated heterocycles. The molecule has 2 aromatic heterocycles. The van der Waals surface area contributed by atoms with Crippen molar-refractivity contribution in [3.8, 4) is 0 Å². The van der Waals surface area contributed by atoms with Crippen LogP contribution in [0.25, 0.3) is 16.7 Å². The van der Waals surface area contributed by atoms with Crippen LogP contribution in [0.5, 0.6) is 0 Å². The van der Waals surface area contributed by atoms with E-state index < -0.39 is 5.83 Å². The quantitative estimate of drug-likeness (QED) is 0.411. The van der Waals surface area contributed by atoms with Crippen molar-refractivity contribution < 1.29 is 9.18 Å². The molecule has 2 N–H and O–H groups in total. The molecule has 0 radical (unpaired) electrons. The maximum Gasteiger partial charge on any atom is 0.333 e. The number of carbonyl (C=O) groups is 1. The van der Waals surface area contributed by atoms with Gasteiger partial charge in [-0.05, 0) is 75.6 Å². The molecule has 0 unspecified atom stereocenters. The van der Waals surface area contributed by atoms with Crippen LogP contribution in [0.15, 0.2) is 71.1 Å². The third kappa shape index (κ3) is 5.71. The summed E-state index contributed by atoms with van der Waals surface area (Å²) in [4.78, 5) is 30.8. The number of allylic oxidation sites excluding steroid dienone is 5. The van der Waals surface area contributed by atoms with Gasteiger partial charge in [-0.3, -0.25) is 18.9 Å². The number of benzene rings is 1. The third-order valence-electron chi connectivity index (χ3n) is 7.68. The van der Waals surface area contributed by atoms with Crippen LogP contribution in [-0.4, -0.2) is 33.1 Å². The van der Waals surface area contributed by atoms with Crippen molar-refractivity contribution in [2.75, 3.05) is 7.05 Å². The van der Waals surface area contributed by atoms with E-state index in [0.29, 0.717) is 53.0 Å². The normalized spacial score (nSPS) is 19.9. The van der Waals surface area contributed by atoms with Crippen molar-refractivity contribution in [2.45, 2.75) is 58.0 Å². The molecule has 0 spiro atoms. The summed E-state index contributed by atoms with van der Waals surface area (Å²) in [7, 11) is 1.69. The predicted octanol–water partition coefficient (Wildman–Crippen LogP) is 5.74. The molecule has 0 aliphatic heterocycles. The maximum atomic E-state index is 14.9. The summed E-state index contributed by atoms with van der Waals surface area (Å²) in [6.45, 7) is 2.37. The van der Waals surface area contributed by atoms with Gasteiger partial charge in [0.25, 0.3) is 5.91 Å². The third-order valence-corrected chi connectivity index (χ3v) is 7.89. The summed E-state index contributed by atoms with van der Waals surface area (Å²) >= 11 is 6.04. The van der Waals surface area contributed by atoms with E-state index in [9.17, 15) is 14.0 Å². The Hall–Kier alpha value is -3.65. The number of amides is 1. The minimum absolute atomic E-state index is 0.0628. The molecule has 7 nitrogen and oxygen atoms in total. The number of fused-ring (bicyclic) bond motifs is 1. The Balaban J connectivity index is 1.33. The van der Waals surface area contributed by atoms with Crippen LogP contribution in [0.1, 0.15) is 54.6 Å². The first-order valence-corrected chi connectivity index (χ1v) is 13.8. The number of nitrogens with one attached hydrogen (secondary N) is 2. The lowest BCUT2D eigenvalue weighted by Gasteiger charge is -2.29. The van der Waals surface area contributed by atoms with Crippen molar-refractivity contribution in [3.63, 3.8) is 0 Å². The van der Waals surface area contributed by atoms with Crippen LogP contribution in [0.3, 0.4) is 0 Å². The lowest BCUT2D eigenvalue weighted by Crippen LogP contribution is -2.39. The molecule has 2 heterocycles. The monoisotopic (exact) mass is 549 g/mol. The van der Waals surface area contributed by atoms with Gasteiger partial charge in [0.05, 0.1) is 33.0 Å². The SMILES string of the molecule is CNC1=CCCC=C(n2c(=O)n(CC3CCC(NC(=O)c4cc(Cl)cnc4C)CC3)c3ccccc32)C=C1F. The average Bonchev–Trinajstić information content (AvgIpc) is 3.19. The van der Waals surface area contributed by atoms with Crippen molar-refractivity contribution in [1.82, 2.24) is 24.8 Å². The number of likely N-dealkylation sites (N-methyl/N-ethyl adjacent to an activating group) is 1. The second kappa shape index (κ2) is 11.6. The molecule has 2 aliphatic carbocycles. The number of aryl methyl sites for hydroxylation is 1. The van der Waals surface area contributed by atoms with Gasteiger partial charge in [0, 0.05) is 31.5 Å². The Labute approximate surface area is 232 Å². The second-order valence-corrected chi connectivity index (χ2v) is 10.7. The summed E-state index contributed by atoms with van der Waals surface area (Å²) < 4.78 is 18.4. The molecular formula is C30H33ClFN5O2. The number of nitrogens with zero attached hydrogens (tertiary/aromatic N) is 3. The highest BCUT2D eigenvalue weighted by Gasteiger charge is 2.26. The highest BCUT2D eigenvalue weighted by atomic mass is 35.5. The summed E-state index contributed by atoms with van der Waals surface area (Å²) in [6.07, 6.45) is 11.5. The van der Waals surface area contributed by atoms with Gasteiger partial charge < -0.3 is 10.6 Å². The molecule has 39 heavy (non-hydrogen) atoms. The minimum atomic E-state index is -0.392. The zero-order valence-corrected chi connectivity index (χ0v) is 23.0. The van der Waals surface area contributed by atoms with Crippen molar-refractivity contribution in [1.29, 1.82) is 0 Å². The van der Waals surface area contributed by atoms with Crippen molar-refractivity contribution >= 4 is 34.2 Å². The number of imidazole rings is 1. The first-order chi connectivity index (χ1) is 18.9. The Morgan fingerprint density at radius 1 is 1.13 bits per heavy atom. The van der Waals surface area contributed by atoms with Gasteiger partial charge in [0.2, 0.25) is 0 Å². The molecule has 1 saturated carbocycles. The first-order valence-electron chi connectivity index (χ1n) is 13.4. The standard InChI is InChI=1S/C30H33ClFN5O2/c1-19-24(15-21(31)17-34-19)29(38)35-22-13-11-20(12-14-22)18-36-27-9-5-6-10-28(27)37(30(36)39)23-7-3-4-8-26(33-2)25(32)16-23/h5-10,15-17,20,22,33H,3-4,11-14,18H2,1-2H3,(H,35,38). The summed E-state index contributed by atoms with van der Waals surface area (Å²) in [5, 5.41) is 6.46. The van der Waals surface area contributed by atoms with Crippen LogP contribution in [0.2, 0.25) is 5.02 Å². The average molecular weight is 550 g/mol. The Kier molecular flexibility index (Phi) is 8.02. The maximum absolute atomic E-state index is 14.9. The fourth-order valence-electron chi connectivity index (χ4n) is 5.58. The molecule has 0 atom stereocenters. The van der Waals surface area contributed by atoms with E-state index in [2.05, 4.69) is 15.6 Å². The van der Waals surface area contributed by atoms with E-state index in [1.54, 1.807) is 24.6 Å². The molecule has 9 heteroatoms. The van der Waals surface area contributed by atoms with Crippen LogP contribution >= 0.6 is 11.6 Å². The van der Waals surface area contributed by atoms with Crippen molar-refractivity contribution in [2.24, 2.45) is 5.92 Å². The predicted molar refractivity (Wildman–Crippen MR) is 153 cm³/mol. The Morgan fingerprint density at radius 2 is 1.85 bits per heavy atom. The van der Waals surface area contributed by atoms with Crippen LogP contribution in [0, 0.1) is 12.8 Å². The first kappa shape index (κ1) is 26.9. The summed E-state index contributed by atoms with van der Waals surface area (Å²) in [6, 6.07) is 9.39. The number of aromatic nitrogens is 3.